The molecule has 0 atom stereocenters. The Morgan fingerprint density at radius 1 is 1.53 bits per heavy atom. The molecule has 1 aromatic carbocycles. The van der Waals surface area contributed by atoms with Gasteiger partial charge in [0.1, 0.15) is 5.69 Å². The van der Waals surface area contributed by atoms with Crippen molar-refractivity contribution in [3.05, 3.63) is 29.7 Å². The van der Waals surface area contributed by atoms with E-state index in [0.717, 1.165) is 0 Å². The summed E-state index contributed by atoms with van der Waals surface area (Å²) in [5, 5.41) is 9.22. The van der Waals surface area contributed by atoms with Crippen molar-refractivity contribution in [3.63, 3.8) is 0 Å². The number of ether oxygens (including phenoxy) is 1. The molecule has 4 nitrogen and oxygen atoms in total. The maximum atomic E-state index is 13.6. The van der Waals surface area contributed by atoms with E-state index in [1.54, 1.807) is 6.07 Å². The van der Waals surface area contributed by atoms with Crippen LogP contribution in [0.2, 0.25) is 0 Å². The van der Waals surface area contributed by atoms with Gasteiger partial charge in [0, 0.05) is 5.39 Å². The van der Waals surface area contributed by atoms with Gasteiger partial charge in [0.05, 0.1) is 12.6 Å². The molecule has 0 spiro atoms. The largest absolute Gasteiger partial charge is 0.494 e. The van der Waals surface area contributed by atoms with Crippen LogP contribution >= 0.6 is 0 Å². The monoisotopic (exact) mass is 209 g/mol. The first-order valence-corrected chi connectivity index (χ1v) is 4.22. The summed E-state index contributed by atoms with van der Waals surface area (Å²) in [6.45, 7) is 0. The molecule has 15 heavy (non-hydrogen) atoms. The van der Waals surface area contributed by atoms with E-state index in [-0.39, 0.29) is 17.0 Å². The number of aromatic carboxylic acids is 1. The lowest BCUT2D eigenvalue weighted by Crippen LogP contribution is -1.95. The Kier molecular flexibility index (Phi) is 2.07. The second kappa shape index (κ2) is 3.27. The zero-order chi connectivity index (χ0) is 11.0. The van der Waals surface area contributed by atoms with E-state index < -0.39 is 11.8 Å². The number of benzene rings is 1. The fourth-order valence-corrected chi connectivity index (χ4v) is 1.42. The summed E-state index contributed by atoms with van der Waals surface area (Å²) in [6.07, 6.45) is 0. The van der Waals surface area contributed by atoms with Gasteiger partial charge in [0.15, 0.2) is 11.6 Å². The average molecular weight is 209 g/mol. The van der Waals surface area contributed by atoms with Gasteiger partial charge >= 0.3 is 5.97 Å². The van der Waals surface area contributed by atoms with Crippen molar-refractivity contribution in [1.82, 2.24) is 4.98 Å². The summed E-state index contributed by atoms with van der Waals surface area (Å²) in [5.41, 5.74) is 0.101. The molecule has 0 bridgehead atoms. The normalized spacial score (nSPS) is 10.5. The summed E-state index contributed by atoms with van der Waals surface area (Å²) in [6, 6.07) is 4.43. The molecule has 0 fully saturated rings. The molecule has 0 radical (unpaired) electrons. The first-order chi connectivity index (χ1) is 7.13. The van der Waals surface area contributed by atoms with Crippen LogP contribution in [0.1, 0.15) is 10.5 Å². The molecular weight excluding hydrogens is 201 g/mol. The van der Waals surface area contributed by atoms with Crippen molar-refractivity contribution >= 4 is 16.9 Å². The fraction of sp³-hybridized carbons (Fsp3) is 0.100. The van der Waals surface area contributed by atoms with E-state index in [1.807, 2.05) is 0 Å². The van der Waals surface area contributed by atoms with Crippen LogP contribution in [0, 0.1) is 5.82 Å². The van der Waals surface area contributed by atoms with Crippen molar-refractivity contribution in [2.75, 3.05) is 7.11 Å². The van der Waals surface area contributed by atoms with E-state index in [1.165, 1.54) is 19.2 Å². The van der Waals surface area contributed by atoms with E-state index >= 15 is 0 Å². The Hall–Kier alpha value is -2.04. The summed E-state index contributed by atoms with van der Waals surface area (Å²) in [5.74, 6) is -1.62. The maximum absolute atomic E-state index is 13.6. The van der Waals surface area contributed by atoms with Crippen molar-refractivity contribution in [1.29, 1.82) is 0 Å². The Bertz CT molecular complexity index is 533. The Morgan fingerprint density at radius 2 is 2.27 bits per heavy atom. The zero-order valence-corrected chi connectivity index (χ0v) is 7.87. The number of aromatic amines is 1. The van der Waals surface area contributed by atoms with Gasteiger partial charge in [-0.1, -0.05) is 0 Å². The smallest absolute Gasteiger partial charge is 0.352 e. The molecule has 0 saturated carbocycles. The van der Waals surface area contributed by atoms with Crippen molar-refractivity contribution in [3.8, 4) is 5.75 Å². The third kappa shape index (κ3) is 1.41. The summed E-state index contributed by atoms with van der Waals surface area (Å²) >= 11 is 0. The van der Waals surface area contributed by atoms with E-state index in [2.05, 4.69) is 4.98 Å². The number of hydrogen-bond acceptors (Lipinski definition) is 2. The molecule has 0 aliphatic heterocycles. The Labute approximate surface area is 84.3 Å². The van der Waals surface area contributed by atoms with Gasteiger partial charge in [-0.15, -0.1) is 0 Å². The topological polar surface area (TPSA) is 62.3 Å². The highest BCUT2D eigenvalue weighted by molar-refractivity contribution is 5.94. The third-order valence-electron chi connectivity index (χ3n) is 2.15. The molecule has 0 aliphatic carbocycles. The quantitative estimate of drug-likeness (QED) is 0.795. The second-order valence-electron chi connectivity index (χ2n) is 3.03. The molecule has 2 N–H and O–H groups in total. The van der Waals surface area contributed by atoms with Crippen molar-refractivity contribution in [2.24, 2.45) is 0 Å². The number of methoxy groups -OCH3 is 1. The highest BCUT2D eigenvalue weighted by atomic mass is 19.1. The first-order valence-electron chi connectivity index (χ1n) is 4.22. The van der Waals surface area contributed by atoms with Gasteiger partial charge in [0.2, 0.25) is 0 Å². The van der Waals surface area contributed by atoms with E-state index in [4.69, 9.17) is 9.84 Å². The van der Waals surface area contributed by atoms with Crippen LogP contribution in [0.25, 0.3) is 10.9 Å². The minimum Gasteiger partial charge on any atom is -0.494 e. The Morgan fingerprint density at radius 3 is 2.87 bits per heavy atom. The minimum atomic E-state index is -1.12. The highest BCUT2D eigenvalue weighted by Gasteiger charge is 2.13. The number of carboxylic acid groups (broad SMARTS) is 1. The molecule has 2 aromatic rings. The van der Waals surface area contributed by atoms with Crippen LogP contribution in [0.5, 0.6) is 5.75 Å². The Balaban J connectivity index is 2.71. The van der Waals surface area contributed by atoms with Crippen LogP contribution in [0.4, 0.5) is 4.39 Å². The summed E-state index contributed by atoms with van der Waals surface area (Å²) < 4.78 is 18.4. The number of nitrogens with one attached hydrogen (secondary N) is 1. The molecular formula is C10H8FNO3. The molecule has 0 aliphatic rings. The van der Waals surface area contributed by atoms with Crippen molar-refractivity contribution in [2.45, 2.75) is 0 Å². The SMILES string of the molecule is COc1ccc2cc(C(=O)O)[nH]c2c1F. The molecule has 78 valence electrons. The van der Waals surface area contributed by atoms with Gasteiger partial charge in [-0.2, -0.15) is 0 Å². The van der Waals surface area contributed by atoms with Gasteiger partial charge in [-0.3, -0.25) is 0 Å². The molecule has 0 unspecified atom stereocenters. The van der Waals surface area contributed by atoms with Crippen LogP contribution in [0.15, 0.2) is 18.2 Å². The molecule has 1 aromatic heterocycles. The van der Waals surface area contributed by atoms with E-state index in [0.29, 0.717) is 5.39 Å². The van der Waals surface area contributed by atoms with Crippen LogP contribution in [-0.4, -0.2) is 23.2 Å². The number of aromatic nitrogens is 1. The summed E-state index contributed by atoms with van der Waals surface area (Å²) in [4.78, 5) is 13.1. The van der Waals surface area contributed by atoms with Gasteiger partial charge in [0.25, 0.3) is 0 Å². The molecule has 2 rings (SSSR count). The zero-order valence-electron chi connectivity index (χ0n) is 7.87. The lowest BCUT2D eigenvalue weighted by Gasteiger charge is -2.01. The summed E-state index contributed by atoms with van der Waals surface area (Å²) in [7, 11) is 1.35. The predicted octanol–water partition coefficient (Wildman–Crippen LogP) is 2.01. The standard InChI is InChI=1S/C10H8FNO3/c1-15-7-3-2-5-4-6(10(13)14)12-9(5)8(7)11/h2-4,12H,1H3,(H,13,14). The minimum absolute atomic E-state index is 0.0443. The lowest BCUT2D eigenvalue weighted by atomic mass is 10.2. The number of H-pyrrole nitrogens is 1. The third-order valence-corrected chi connectivity index (χ3v) is 2.15. The van der Waals surface area contributed by atoms with Crippen LogP contribution in [-0.2, 0) is 0 Å². The van der Waals surface area contributed by atoms with Crippen LogP contribution in [0.3, 0.4) is 0 Å². The van der Waals surface area contributed by atoms with E-state index in [9.17, 15) is 9.18 Å². The predicted molar refractivity (Wildman–Crippen MR) is 51.8 cm³/mol. The maximum Gasteiger partial charge on any atom is 0.352 e. The van der Waals surface area contributed by atoms with Gasteiger partial charge < -0.3 is 14.8 Å². The number of fused-ring (bicyclic) bond motifs is 1. The fourth-order valence-electron chi connectivity index (χ4n) is 1.42. The highest BCUT2D eigenvalue weighted by Crippen LogP contribution is 2.26. The molecule has 1 heterocycles. The van der Waals surface area contributed by atoms with Crippen molar-refractivity contribution < 1.29 is 19.0 Å². The lowest BCUT2D eigenvalue weighted by molar-refractivity contribution is 0.0691. The molecule has 0 saturated heterocycles. The number of carboxylic acids is 1. The molecule has 5 heteroatoms. The number of carbonyl (C=O) groups is 1. The van der Waals surface area contributed by atoms with Crippen LogP contribution < -0.4 is 4.74 Å². The number of halogens is 1. The second-order valence-corrected chi connectivity index (χ2v) is 3.03. The van der Waals surface area contributed by atoms with Gasteiger partial charge in [-0.25, -0.2) is 9.18 Å². The molecule has 0 amide bonds. The number of rotatable bonds is 2. The number of hydrogen-bond donors (Lipinski definition) is 2. The average Bonchev–Trinajstić information content (AvgIpc) is 2.63. The van der Waals surface area contributed by atoms with Gasteiger partial charge in [-0.05, 0) is 18.2 Å². The first kappa shape index (κ1) is 9.51.